The second-order valence-corrected chi connectivity index (χ2v) is 17.4. The number of anilines is 2. The fourth-order valence-electron chi connectivity index (χ4n) is 11.1. The number of rotatable bonds is 8. The standard InChI is InChI=1S/C48H53N5O5/c1-2-50(36-24-37-29-58-44-25-41-34(23-43(44)52(37)28-36)27-53(48(41)57)42-16-17-45(55)49-47(42)56)26-30-18-20-51(21-19-30)35-11-8-32(9-12-35)46-39(31-6-4-3-5-7-31)14-10-33-22-38(54)13-15-40(33)46/h3-9,11-13,15,22-23,25,30,36-37,39,42,46,54H,2,10,14,16-21,24,26-29H2,1H3,(H,49,55,56)/t36-,37-,39+,42?,46-/m0/s1. The van der Waals surface area contributed by atoms with Gasteiger partial charge >= 0.3 is 0 Å². The number of likely N-dealkylation sites (N-methyl/N-ethyl adjacent to an activating group) is 1. The Balaban J connectivity index is 0.776. The first-order valence-electron chi connectivity index (χ1n) is 21.5. The molecule has 58 heavy (non-hydrogen) atoms. The van der Waals surface area contributed by atoms with Gasteiger partial charge in [0.2, 0.25) is 11.8 Å². The zero-order valence-electron chi connectivity index (χ0n) is 33.3. The summed E-state index contributed by atoms with van der Waals surface area (Å²) in [6.07, 6.45) is 6.03. The molecular weight excluding hydrogens is 727 g/mol. The Morgan fingerprint density at radius 2 is 1.66 bits per heavy atom. The summed E-state index contributed by atoms with van der Waals surface area (Å²) < 4.78 is 6.31. The number of nitrogens with one attached hydrogen (secondary N) is 1. The Kier molecular flexibility index (Phi) is 9.63. The van der Waals surface area contributed by atoms with Crippen LogP contribution in [0.3, 0.4) is 0 Å². The maximum absolute atomic E-state index is 13.5. The lowest BCUT2D eigenvalue weighted by Crippen LogP contribution is -2.52. The monoisotopic (exact) mass is 779 g/mol. The number of imide groups is 1. The van der Waals surface area contributed by atoms with E-state index in [0.717, 1.165) is 69.0 Å². The lowest BCUT2D eigenvalue weighted by Gasteiger charge is -2.38. The molecule has 10 rings (SSSR count). The highest BCUT2D eigenvalue weighted by molar-refractivity contribution is 6.06. The molecular formula is C48H53N5O5. The molecule has 3 amide bonds. The molecule has 0 aromatic heterocycles. The average Bonchev–Trinajstić information content (AvgIpc) is 3.83. The number of hydrogen-bond acceptors (Lipinski definition) is 8. The van der Waals surface area contributed by atoms with Gasteiger partial charge in [-0.25, -0.2) is 0 Å². The van der Waals surface area contributed by atoms with Crippen LogP contribution in [-0.2, 0) is 22.6 Å². The van der Waals surface area contributed by atoms with Crippen molar-refractivity contribution < 1.29 is 24.2 Å². The van der Waals surface area contributed by atoms with Crippen LogP contribution in [0.5, 0.6) is 11.5 Å². The van der Waals surface area contributed by atoms with Gasteiger partial charge < -0.3 is 24.5 Å². The molecule has 0 saturated carbocycles. The van der Waals surface area contributed by atoms with Crippen molar-refractivity contribution in [2.24, 2.45) is 5.92 Å². The molecule has 1 unspecified atom stereocenters. The highest BCUT2D eigenvalue weighted by Crippen LogP contribution is 2.48. The minimum Gasteiger partial charge on any atom is -0.508 e. The highest BCUT2D eigenvalue weighted by atomic mass is 16.5. The molecule has 0 bridgehead atoms. The van der Waals surface area contributed by atoms with E-state index in [9.17, 15) is 19.5 Å². The molecule has 10 nitrogen and oxygen atoms in total. The van der Waals surface area contributed by atoms with E-state index in [0.29, 0.717) is 48.8 Å². The van der Waals surface area contributed by atoms with Crippen LogP contribution in [0.25, 0.3) is 0 Å². The van der Waals surface area contributed by atoms with Crippen LogP contribution in [0.1, 0.15) is 95.5 Å². The third-order valence-electron chi connectivity index (χ3n) is 14.2. The van der Waals surface area contributed by atoms with Crippen LogP contribution in [0.2, 0.25) is 0 Å². The number of aromatic hydroxyl groups is 1. The first-order chi connectivity index (χ1) is 28.3. The lowest BCUT2D eigenvalue weighted by atomic mass is 9.69. The molecule has 4 aromatic carbocycles. The Morgan fingerprint density at radius 1 is 0.845 bits per heavy atom. The zero-order chi connectivity index (χ0) is 39.5. The molecule has 3 saturated heterocycles. The maximum Gasteiger partial charge on any atom is 0.255 e. The highest BCUT2D eigenvalue weighted by Gasteiger charge is 2.44. The molecule has 0 spiro atoms. The van der Waals surface area contributed by atoms with Crippen LogP contribution >= 0.6 is 0 Å². The van der Waals surface area contributed by atoms with Crippen LogP contribution in [0.4, 0.5) is 11.4 Å². The quantitative estimate of drug-likeness (QED) is 0.193. The minimum atomic E-state index is -0.624. The van der Waals surface area contributed by atoms with Crippen molar-refractivity contribution in [3.8, 4) is 11.5 Å². The lowest BCUT2D eigenvalue weighted by molar-refractivity contribution is -0.136. The summed E-state index contributed by atoms with van der Waals surface area (Å²) in [4.78, 5) is 47.2. The van der Waals surface area contributed by atoms with E-state index in [1.54, 1.807) is 4.90 Å². The van der Waals surface area contributed by atoms with Gasteiger partial charge in [-0.05, 0) is 121 Å². The fraction of sp³-hybridized carbons (Fsp3) is 0.438. The third kappa shape index (κ3) is 6.69. The number of phenols is 1. The number of carbonyl (C=O) groups is 3. The van der Waals surface area contributed by atoms with Gasteiger partial charge in [0.15, 0.2) is 0 Å². The molecule has 0 radical (unpaired) electrons. The largest absolute Gasteiger partial charge is 0.508 e. The number of aryl methyl sites for hydroxylation is 1. The number of piperidine rings is 2. The Labute approximate surface area is 340 Å². The number of fused-ring (bicyclic) bond motifs is 5. The number of amides is 3. The molecule has 4 aromatic rings. The van der Waals surface area contributed by atoms with Gasteiger partial charge in [-0.3, -0.25) is 24.6 Å². The molecule has 5 atom stereocenters. The first kappa shape index (κ1) is 37.0. The third-order valence-corrected chi connectivity index (χ3v) is 14.2. The fourth-order valence-corrected chi connectivity index (χ4v) is 11.1. The van der Waals surface area contributed by atoms with E-state index in [4.69, 9.17) is 4.74 Å². The topological polar surface area (TPSA) is 106 Å². The Hall–Kier alpha value is -5.35. The number of nitrogens with zero attached hydrogens (tertiary/aromatic N) is 4. The summed E-state index contributed by atoms with van der Waals surface area (Å²) in [5.74, 6) is 1.56. The predicted octanol–water partition coefficient (Wildman–Crippen LogP) is 6.59. The van der Waals surface area contributed by atoms with Gasteiger partial charge in [-0.1, -0.05) is 55.5 Å². The summed E-state index contributed by atoms with van der Waals surface area (Å²) in [5, 5.41) is 12.7. The first-order valence-corrected chi connectivity index (χ1v) is 21.5. The number of carbonyl (C=O) groups excluding carboxylic acids is 3. The summed E-state index contributed by atoms with van der Waals surface area (Å²) in [7, 11) is 0. The zero-order valence-corrected chi connectivity index (χ0v) is 33.3. The Bertz CT molecular complexity index is 2220. The van der Waals surface area contributed by atoms with Gasteiger partial charge in [0, 0.05) is 62.4 Å². The van der Waals surface area contributed by atoms with Crippen LogP contribution < -0.4 is 19.9 Å². The average molecular weight is 780 g/mol. The van der Waals surface area contributed by atoms with Crippen LogP contribution in [-0.4, -0.2) is 90.1 Å². The van der Waals surface area contributed by atoms with E-state index in [-0.39, 0.29) is 36.1 Å². The van der Waals surface area contributed by atoms with Gasteiger partial charge in [-0.2, -0.15) is 0 Å². The van der Waals surface area contributed by atoms with Gasteiger partial charge in [0.05, 0.1) is 11.7 Å². The second kappa shape index (κ2) is 15.1. The summed E-state index contributed by atoms with van der Waals surface area (Å²) >= 11 is 0. The number of benzene rings is 4. The predicted molar refractivity (Wildman–Crippen MR) is 224 cm³/mol. The summed E-state index contributed by atoms with van der Waals surface area (Å²) in [5.41, 5.74) is 9.19. The van der Waals surface area contributed by atoms with E-state index in [1.165, 1.54) is 40.8 Å². The van der Waals surface area contributed by atoms with Gasteiger partial charge in [0.1, 0.15) is 24.1 Å². The molecule has 5 heterocycles. The molecule has 10 heteroatoms. The van der Waals surface area contributed by atoms with Gasteiger partial charge in [0.25, 0.3) is 5.91 Å². The summed E-state index contributed by atoms with van der Waals surface area (Å²) in [6, 6.07) is 30.3. The van der Waals surface area contributed by atoms with E-state index >= 15 is 0 Å². The van der Waals surface area contributed by atoms with Crippen LogP contribution in [0.15, 0.2) is 84.9 Å². The van der Waals surface area contributed by atoms with Crippen molar-refractivity contribution in [1.82, 2.24) is 15.1 Å². The van der Waals surface area contributed by atoms with Crippen molar-refractivity contribution in [1.29, 1.82) is 0 Å². The van der Waals surface area contributed by atoms with Crippen molar-refractivity contribution >= 4 is 29.1 Å². The summed E-state index contributed by atoms with van der Waals surface area (Å²) in [6.45, 7) is 8.41. The molecule has 300 valence electrons. The van der Waals surface area contributed by atoms with Crippen molar-refractivity contribution in [2.45, 2.75) is 88.4 Å². The second-order valence-electron chi connectivity index (χ2n) is 17.4. The van der Waals surface area contributed by atoms with Gasteiger partial charge in [-0.15, -0.1) is 0 Å². The van der Waals surface area contributed by atoms with Crippen molar-refractivity contribution in [3.05, 3.63) is 118 Å². The van der Waals surface area contributed by atoms with E-state index in [1.807, 2.05) is 18.2 Å². The number of phenolic OH excluding ortho intramolecular Hbond substituents is 1. The molecule has 6 aliphatic rings. The van der Waals surface area contributed by atoms with Crippen molar-refractivity contribution in [3.63, 3.8) is 0 Å². The smallest absolute Gasteiger partial charge is 0.255 e. The molecule has 5 aliphatic heterocycles. The van der Waals surface area contributed by atoms with Crippen molar-refractivity contribution in [2.75, 3.05) is 49.1 Å². The normalized spacial score (nSPS) is 25.6. The van der Waals surface area contributed by atoms with E-state index < -0.39 is 6.04 Å². The molecule has 3 fully saturated rings. The maximum atomic E-state index is 13.5. The minimum absolute atomic E-state index is 0.164. The molecule has 1 aliphatic carbocycles. The molecule has 2 N–H and O–H groups in total. The van der Waals surface area contributed by atoms with Crippen LogP contribution in [0, 0.1) is 5.92 Å². The number of hydrogen-bond donors (Lipinski definition) is 2. The number of ether oxygens (including phenoxy) is 1. The Morgan fingerprint density at radius 3 is 2.43 bits per heavy atom. The SMILES string of the molecule is CCN(CC1CCN(c2ccc([C@@H]3c4ccc(O)cc4CC[C@@H]3c3ccccc3)cc2)CC1)[C@H]1C[C@H]2COc3cc4c(cc3N2C1)CN(C1CCC(=O)NC1=O)C4=O. The van der Waals surface area contributed by atoms with E-state index in [2.05, 4.69) is 93.7 Å².